The molecule has 0 radical (unpaired) electrons. The van der Waals surface area contributed by atoms with E-state index in [9.17, 15) is 4.79 Å². The largest absolute Gasteiger partial charge is 0.492 e. The Morgan fingerprint density at radius 3 is 2.81 bits per heavy atom. The van der Waals surface area contributed by atoms with Crippen molar-refractivity contribution in [1.29, 1.82) is 0 Å². The second-order valence-corrected chi connectivity index (χ2v) is 8.99. The van der Waals surface area contributed by atoms with Crippen molar-refractivity contribution >= 4 is 34.5 Å². The number of carbonyl (C=O) groups is 1. The summed E-state index contributed by atoms with van der Waals surface area (Å²) in [7, 11) is 0. The van der Waals surface area contributed by atoms with Gasteiger partial charge in [-0.15, -0.1) is 0 Å². The highest BCUT2D eigenvalue weighted by Gasteiger charge is 2.26. The van der Waals surface area contributed by atoms with E-state index in [1.54, 1.807) is 11.2 Å². The molecule has 0 saturated carbocycles. The Labute approximate surface area is 209 Å². The minimum Gasteiger partial charge on any atom is -0.492 e. The molecule has 4 heterocycles. The summed E-state index contributed by atoms with van der Waals surface area (Å²) in [6.07, 6.45) is 4.91. The molecule has 2 aliphatic rings. The first-order valence-electron chi connectivity index (χ1n) is 12.3. The Kier molecular flexibility index (Phi) is 7.28. The van der Waals surface area contributed by atoms with Crippen molar-refractivity contribution in [3.63, 3.8) is 0 Å². The second kappa shape index (κ2) is 10.9. The van der Waals surface area contributed by atoms with Gasteiger partial charge in [0.25, 0.3) is 0 Å². The molecule has 11 heteroatoms. The lowest BCUT2D eigenvalue weighted by atomic mass is 10.1. The maximum atomic E-state index is 12.1. The first-order valence-corrected chi connectivity index (χ1v) is 12.3. The van der Waals surface area contributed by atoms with Gasteiger partial charge < -0.3 is 30.0 Å². The summed E-state index contributed by atoms with van der Waals surface area (Å²) in [4.78, 5) is 29.8. The molecule has 1 atom stereocenters. The molecular formula is C25H32N8O3. The van der Waals surface area contributed by atoms with Crippen LogP contribution >= 0.6 is 0 Å². The summed E-state index contributed by atoms with van der Waals surface area (Å²) < 4.78 is 13.3. The number of aromatic nitrogens is 4. The van der Waals surface area contributed by atoms with Crippen molar-refractivity contribution in [2.24, 2.45) is 0 Å². The van der Waals surface area contributed by atoms with E-state index in [1.165, 1.54) is 6.08 Å². The fourth-order valence-electron chi connectivity index (χ4n) is 4.65. The number of ether oxygens (including phenoxy) is 2. The van der Waals surface area contributed by atoms with Crippen LogP contribution in [0.2, 0.25) is 0 Å². The number of likely N-dealkylation sites (tertiary alicyclic amines) is 1. The maximum Gasteiger partial charge on any atom is 0.246 e. The molecule has 2 fully saturated rings. The zero-order valence-corrected chi connectivity index (χ0v) is 20.3. The first-order chi connectivity index (χ1) is 17.6. The molecule has 36 heavy (non-hydrogen) atoms. The Hall–Kier alpha value is -3.70. The van der Waals surface area contributed by atoms with Crippen LogP contribution in [0.15, 0.2) is 43.2 Å². The fraction of sp³-hybridized carbons (Fsp3) is 0.440. The van der Waals surface area contributed by atoms with E-state index in [4.69, 9.17) is 20.2 Å². The molecule has 190 valence electrons. The predicted molar refractivity (Wildman–Crippen MR) is 137 cm³/mol. The van der Waals surface area contributed by atoms with Crippen LogP contribution in [-0.4, -0.2) is 87.8 Å². The van der Waals surface area contributed by atoms with Crippen LogP contribution in [0, 0.1) is 0 Å². The number of nitrogens with zero attached hydrogens (tertiary/aromatic N) is 6. The molecule has 2 aliphatic heterocycles. The second-order valence-electron chi connectivity index (χ2n) is 8.99. The molecule has 1 amide bonds. The van der Waals surface area contributed by atoms with E-state index in [0.29, 0.717) is 36.1 Å². The van der Waals surface area contributed by atoms with Gasteiger partial charge in [-0.05, 0) is 43.2 Å². The van der Waals surface area contributed by atoms with Crippen molar-refractivity contribution in [2.45, 2.75) is 18.9 Å². The van der Waals surface area contributed by atoms with Gasteiger partial charge in [-0.2, -0.15) is 9.97 Å². The molecular weight excluding hydrogens is 460 g/mol. The summed E-state index contributed by atoms with van der Waals surface area (Å²) in [5.74, 6) is 1.43. The summed E-state index contributed by atoms with van der Waals surface area (Å²) in [6, 6.07) is 7.74. The zero-order chi connectivity index (χ0) is 24.9. The number of hydrogen-bond donors (Lipinski definition) is 2. The number of imidazole rings is 1. The van der Waals surface area contributed by atoms with Gasteiger partial charge >= 0.3 is 0 Å². The van der Waals surface area contributed by atoms with Gasteiger partial charge in [0.1, 0.15) is 17.9 Å². The first kappa shape index (κ1) is 24.0. The number of nitrogens with two attached hydrogens (primary N) is 1. The molecule has 1 aromatic carbocycles. The Balaban J connectivity index is 1.25. The van der Waals surface area contributed by atoms with Crippen LogP contribution in [0.25, 0.3) is 11.2 Å². The van der Waals surface area contributed by atoms with Crippen LogP contribution in [-0.2, 0) is 9.53 Å². The highest BCUT2D eigenvalue weighted by Crippen LogP contribution is 2.28. The third-order valence-electron chi connectivity index (χ3n) is 6.61. The van der Waals surface area contributed by atoms with Crippen LogP contribution in [0.1, 0.15) is 18.9 Å². The molecule has 5 rings (SSSR count). The molecule has 11 nitrogen and oxygen atoms in total. The van der Waals surface area contributed by atoms with Gasteiger partial charge in [0.15, 0.2) is 11.5 Å². The van der Waals surface area contributed by atoms with Gasteiger partial charge in [0, 0.05) is 38.4 Å². The van der Waals surface area contributed by atoms with Crippen LogP contribution in [0.3, 0.4) is 0 Å². The molecule has 3 aromatic rings. The van der Waals surface area contributed by atoms with Gasteiger partial charge in [-0.3, -0.25) is 9.69 Å². The van der Waals surface area contributed by atoms with E-state index >= 15 is 0 Å². The Bertz CT molecular complexity index is 1210. The minimum absolute atomic E-state index is 0.0590. The molecule has 0 spiro atoms. The smallest absolute Gasteiger partial charge is 0.246 e. The van der Waals surface area contributed by atoms with Gasteiger partial charge in [0.2, 0.25) is 11.9 Å². The Morgan fingerprint density at radius 2 is 2.03 bits per heavy atom. The lowest BCUT2D eigenvalue weighted by Crippen LogP contribution is -2.39. The number of piperidine rings is 1. The van der Waals surface area contributed by atoms with Crippen molar-refractivity contribution < 1.29 is 14.3 Å². The number of rotatable bonds is 8. The Morgan fingerprint density at radius 1 is 1.22 bits per heavy atom. The topological polar surface area (TPSA) is 124 Å². The standard InChI is InChI=1S/C25H32N8O3/c1-2-21(34)32-9-3-4-19(16-32)33-17-27-22-23(26)29-25(30-24(22)33)28-18-5-7-20(8-6-18)36-15-12-31-10-13-35-14-11-31/h2,5-8,17,19H,1,3-4,9-16H2,(H3,26,28,29,30)/t19-/m0/s1. The minimum atomic E-state index is -0.0610. The van der Waals surface area contributed by atoms with E-state index in [-0.39, 0.29) is 11.9 Å². The third kappa shape index (κ3) is 5.42. The van der Waals surface area contributed by atoms with Gasteiger partial charge in [-0.25, -0.2) is 4.98 Å². The third-order valence-corrected chi connectivity index (χ3v) is 6.61. The number of nitrogens with one attached hydrogen (secondary N) is 1. The zero-order valence-electron chi connectivity index (χ0n) is 20.3. The summed E-state index contributed by atoms with van der Waals surface area (Å²) in [5.41, 5.74) is 8.23. The summed E-state index contributed by atoms with van der Waals surface area (Å²) >= 11 is 0. The highest BCUT2D eigenvalue weighted by atomic mass is 16.5. The number of carbonyl (C=O) groups excluding carboxylic acids is 1. The molecule has 2 aromatic heterocycles. The summed E-state index contributed by atoms with van der Waals surface area (Å²) in [6.45, 7) is 9.89. The number of morpholine rings is 1. The van der Waals surface area contributed by atoms with Crippen LogP contribution in [0.5, 0.6) is 5.75 Å². The van der Waals surface area contributed by atoms with Crippen molar-refractivity contribution in [1.82, 2.24) is 29.3 Å². The summed E-state index contributed by atoms with van der Waals surface area (Å²) in [5, 5.41) is 3.23. The monoisotopic (exact) mass is 492 g/mol. The molecule has 0 aliphatic carbocycles. The van der Waals surface area contributed by atoms with E-state index in [0.717, 1.165) is 63.7 Å². The van der Waals surface area contributed by atoms with Gasteiger partial charge in [-0.1, -0.05) is 6.58 Å². The number of benzene rings is 1. The predicted octanol–water partition coefficient (Wildman–Crippen LogP) is 2.21. The van der Waals surface area contributed by atoms with E-state index < -0.39 is 0 Å². The fourth-order valence-corrected chi connectivity index (χ4v) is 4.65. The van der Waals surface area contributed by atoms with Gasteiger partial charge in [0.05, 0.1) is 25.6 Å². The SMILES string of the molecule is C=CC(=O)N1CCC[C@H](n2cnc3c(N)nc(Nc4ccc(OCCN5CCOCC5)cc4)nc32)C1. The lowest BCUT2D eigenvalue weighted by molar-refractivity contribution is -0.127. The number of hydrogen-bond acceptors (Lipinski definition) is 9. The molecule has 2 saturated heterocycles. The molecule has 3 N–H and O–H groups in total. The number of fused-ring (bicyclic) bond motifs is 1. The van der Waals surface area contributed by atoms with Crippen molar-refractivity contribution in [2.75, 3.05) is 63.6 Å². The van der Waals surface area contributed by atoms with Crippen LogP contribution in [0.4, 0.5) is 17.5 Å². The number of nitrogen functional groups attached to an aromatic ring is 1. The number of amides is 1. The number of anilines is 3. The highest BCUT2D eigenvalue weighted by molar-refractivity contribution is 5.87. The average molecular weight is 493 g/mol. The lowest BCUT2D eigenvalue weighted by Gasteiger charge is -2.32. The van der Waals surface area contributed by atoms with Crippen LogP contribution < -0.4 is 15.8 Å². The van der Waals surface area contributed by atoms with Crippen molar-refractivity contribution in [3.8, 4) is 5.75 Å². The quantitative estimate of drug-likeness (QED) is 0.456. The molecule has 0 unspecified atom stereocenters. The average Bonchev–Trinajstić information content (AvgIpc) is 3.34. The maximum absolute atomic E-state index is 12.1. The van der Waals surface area contributed by atoms with Crippen molar-refractivity contribution in [3.05, 3.63) is 43.2 Å². The molecule has 0 bridgehead atoms. The van der Waals surface area contributed by atoms with E-state index in [2.05, 4.69) is 26.8 Å². The van der Waals surface area contributed by atoms with E-state index in [1.807, 2.05) is 28.8 Å². The normalized spacial score (nSPS) is 18.8.